The second-order valence-electron chi connectivity index (χ2n) is 4.20. The van der Waals surface area contributed by atoms with Crippen LogP contribution < -0.4 is 5.32 Å². The Bertz CT molecular complexity index is 656. The van der Waals surface area contributed by atoms with E-state index in [4.69, 9.17) is 21.8 Å². The molecule has 0 saturated heterocycles. The molecule has 7 nitrogen and oxygen atoms in total. The zero-order valence-corrected chi connectivity index (χ0v) is 11.4. The topological polar surface area (TPSA) is 107 Å². The molecule has 0 bridgehead atoms. The number of anilines is 1. The van der Waals surface area contributed by atoms with Gasteiger partial charge in [0.05, 0.1) is 24.4 Å². The summed E-state index contributed by atoms with van der Waals surface area (Å²) in [5.41, 5.74) is -0.0346. The van der Waals surface area contributed by atoms with Crippen molar-refractivity contribution in [1.29, 1.82) is 0 Å². The van der Waals surface area contributed by atoms with Crippen molar-refractivity contribution in [2.45, 2.75) is 0 Å². The van der Waals surface area contributed by atoms with E-state index in [1.165, 1.54) is 18.2 Å². The molecule has 0 fully saturated rings. The number of carboxylic acid groups (broad SMARTS) is 1. The van der Waals surface area contributed by atoms with Crippen molar-refractivity contribution in [1.82, 2.24) is 4.90 Å². The van der Waals surface area contributed by atoms with E-state index in [0.29, 0.717) is 0 Å². The molecule has 1 aromatic carbocycles. The molecule has 0 unspecified atom stereocenters. The van der Waals surface area contributed by atoms with Gasteiger partial charge in [-0.3, -0.25) is 14.5 Å². The van der Waals surface area contributed by atoms with Crippen molar-refractivity contribution >= 4 is 35.1 Å². The zero-order chi connectivity index (χ0) is 15.6. The average Bonchev–Trinajstić information content (AvgIpc) is 2.68. The molecule has 2 amide bonds. The molecule has 0 aromatic heterocycles. The fourth-order valence-electron chi connectivity index (χ4n) is 1.86. The van der Waals surface area contributed by atoms with Gasteiger partial charge in [-0.25, -0.2) is 4.79 Å². The minimum absolute atomic E-state index is 0.0572. The van der Waals surface area contributed by atoms with Gasteiger partial charge in [-0.15, -0.1) is 0 Å². The van der Waals surface area contributed by atoms with Gasteiger partial charge in [0.2, 0.25) is 0 Å². The predicted molar refractivity (Wildman–Crippen MR) is 73.9 cm³/mol. The molecule has 21 heavy (non-hydrogen) atoms. The molecular formula is C13H11ClN2O5. The van der Waals surface area contributed by atoms with E-state index in [2.05, 4.69) is 5.32 Å². The van der Waals surface area contributed by atoms with Crippen molar-refractivity contribution in [3.63, 3.8) is 0 Å². The summed E-state index contributed by atoms with van der Waals surface area (Å²) < 4.78 is 0. The van der Waals surface area contributed by atoms with Crippen LogP contribution in [-0.2, 0) is 9.59 Å². The monoisotopic (exact) mass is 310 g/mol. The number of hydrogen-bond donors (Lipinski definition) is 3. The van der Waals surface area contributed by atoms with E-state index in [9.17, 15) is 14.4 Å². The summed E-state index contributed by atoms with van der Waals surface area (Å²) in [6.07, 6.45) is 1.05. The van der Waals surface area contributed by atoms with Crippen molar-refractivity contribution in [2.75, 3.05) is 18.5 Å². The van der Waals surface area contributed by atoms with Gasteiger partial charge in [0.25, 0.3) is 11.8 Å². The van der Waals surface area contributed by atoms with Gasteiger partial charge in [-0.2, -0.15) is 0 Å². The Hall–Kier alpha value is -2.38. The smallest absolute Gasteiger partial charge is 0.337 e. The van der Waals surface area contributed by atoms with Gasteiger partial charge in [-0.1, -0.05) is 11.6 Å². The maximum Gasteiger partial charge on any atom is 0.337 e. The van der Waals surface area contributed by atoms with Crippen LogP contribution in [0.15, 0.2) is 30.0 Å². The lowest BCUT2D eigenvalue weighted by atomic mass is 10.1. The van der Waals surface area contributed by atoms with E-state index in [-0.39, 0.29) is 35.1 Å². The summed E-state index contributed by atoms with van der Waals surface area (Å²) in [5.74, 6) is -2.41. The van der Waals surface area contributed by atoms with E-state index in [0.717, 1.165) is 11.0 Å². The van der Waals surface area contributed by atoms with Gasteiger partial charge in [0, 0.05) is 11.1 Å². The molecule has 8 heteroatoms. The summed E-state index contributed by atoms with van der Waals surface area (Å²) in [6, 6.07) is 4.10. The lowest BCUT2D eigenvalue weighted by molar-refractivity contribution is -0.137. The summed E-state index contributed by atoms with van der Waals surface area (Å²) in [7, 11) is 0. The minimum Gasteiger partial charge on any atom is -0.478 e. The van der Waals surface area contributed by atoms with Crippen molar-refractivity contribution in [3.8, 4) is 0 Å². The molecule has 2 rings (SSSR count). The number of carbonyl (C=O) groups excluding carboxylic acids is 2. The molecule has 0 spiro atoms. The lowest BCUT2D eigenvalue weighted by Gasteiger charge is -2.14. The number of hydrogen-bond acceptors (Lipinski definition) is 5. The second kappa shape index (κ2) is 5.94. The van der Waals surface area contributed by atoms with E-state index >= 15 is 0 Å². The molecule has 1 aromatic rings. The Balaban J connectivity index is 2.28. The predicted octanol–water partition coefficient (Wildman–Crippen LogP) is 0.695. The molecule has 1 aliphatic heterocycles. The first-order chi connectivity index (χ1) is 9.93. The van der Waals surface area contributed by atoms with E-state index in [1.807, 2.05) is 0 Å². The fourth-order valence-corrected chi connectivity index (χ4v) is 2.03. The van der Waals surface area contributed by atoms with Crippen molar-refractivity contribution in [3.05, 3.63) is 40.6 Å². The number of nitrogens with one attached hydrogen (secondary N) is 1. The van der Waals surface area contributed by atoms with Crippen LogP contribution in [0.25, 0.3) is 0 Å². The summed E-state index contributed by atoms with van der Waals surface area (Å²) in [5, 5.41) is 20.8. The van der Waals surface area contributed by atoms with Crippen LogP contribution in [0.5, 0.6) is 0 Å². The Kier molecular flexibility index (Phi) is 4.25. The number of benzene rings is 1. The van der Waals surface area contributed by atoms with Crippen LogP contribution in [-0.4, -0.2) is 46.0 Å². The van der Waals surface area contributed by atoms with Crippen molar-refractivity contribution in [2.24, 2.45) is 0 Å². The van der Waals surface area contributed by atoms with Crippen LogP contribution >= 0.6 is 11.6 Å². The van der Waals surface area contributed by atoms with E-state index in [1.54, 1.807) is 0 Å². The Labute approximate surface area is 124 Å². The third kappa shape index (κ3) is 3.04. The van der Waals surface area contributed by atoms with E-state index < -0.39 is 17.8 Å². The third-order valence-electron chi connectivity index (χ3n) is 2.81. The highest BCUT2D eigenvalue weighted by Crippen LogP contribution is 2.24. The Morgan fingerprint density at radius 3 is 2.67 bits per heavy atom. The van der Waals surface area contributed by atoms with Crippen molar-refractivity contribution < 1.29 is 24.6 Å². The summed E-state index contributed by atoms with van der Waals surface area (Å²) in [6.45, 7) is -0.467. The highest BCUT2D eigenvalue weighted by Gasteiger charge is 2.31. The van der Waals surface area contributed by atoms with Crippen LogP contribution in [0.2, 0.25) is 5.02 Å². The second-order valence-corrected chi connectivity index (χ2v) is 4.63. The molecule has 0 atom stereocenters. The first-order valence-electron chi connectivity index (χ1n) is 5.92. The van der Waals surface area contributed by atoms with Gasteiger partial charge in [0.15, 0.2) is 0 Å². The number of amides is 2. The van der Waals surface area contributed by atoms with Gasteiger partial charge in [0.1, 0.15) is 5.70 Å². The number of aliphatic hydroxyl groups excluding tert-OH is 1. The molecule has 110 valence electrons. The number of nitrogens with zero attached hydrogens (tertiary/aromatic N) is 1. The quantitative estimate of drug-likeness (QED) is 0.691. The fraction of sp³-hybridized carbons (Fsp3) is 0.154. The number of carboxylic acids is 1. The number of halogens is 1. The highest BCUT2D eigenvalue weighted by molar-refractivity contribution is 6.31. The molecule has 0 radical (unpaired) electrons. The Morgan fingerprint density at radius 2 is 2.05 bits per heavy atom. The zero-order valence-electron chi connectivity index (χ0n) is 10.7. The van der Waals surface area contributed by atoms with Gasteiger partial charge >= 0.3 is 5.97 Å². The van der Waals surface area contributed by atoms with Gasteiger partial charge in [-0.05, 0) is 18.2 Å². The van der Waals surface area contributed by atoms with Crippen LogP contribution in [0.1, 0.15) is 10.4 Å². The number of carbonyl (C=O) groups is 3. The standard InChI is InChI=1S/C13H11ClN2O5/c14-7-1-2-9(8(5-7)13(20)21)15-10-6-11(18)16(3-4-17)12(10)19/h1-2,5-6,15,17H,3-4H2,(H,20,21). The minimum atomic E-state index is -1.22. The van der Waals surface area contributed by atoms with Crippen LogP contribution in [0.3, 0.4) is 0 Å². The number of rotatable bonds is 5. The number of β-amino-alcohol motifs (C(OH)–C–C–N with tert-alkyl or cyclic N) is 1. The normalized spacial score (nSPS) is 14.4. The number of aliphatic hydroxyl groups is 1. The number of imide groups is 1. The third-order valence-corrected chi connectivity index (χ3v) is 3.05. The first-order valence-corrected chi connectivity index (χ1v) is 6.30. The SMILES string of the molecule is O=C(O)c1cc(Cl)ccc1NC1=CC(=O)N(CCO)C1=O. The summed E-state index contributed by atoms with van der Waals surface area (Å²) in [4.78, 5) is 35.5. The lowest BCUT2D eigenvalue weighted by Crippen LogP contribution is -2.34. The molecule has 1 aliphatic rings. The first kappa shape index (κ1) is 15.0. The molecule has 0 aliphatic carbocycles. The molecule has 0 saturated carbocycles. The highest BCUT2D eigenvalue weighted by atomic mass is 35.5. The largest absolute Gasteiger partial charge is 0.478 e. The number of aromatic carboxylic acids is 1. The average molecular weight is 311 g/mol. The molecular weight excluding hydrogens is 300 g/mol. The Morgan fingerprint density at radius 1 is 1.33 bits per heavy atom. The molecule has 3 N–H and O–H groups in total. The van der Waals surface area contributed by atoms with Gasteiger partial charge < -0.3 is 15.5 Å². The maximum atomic E-state index is 11.9. The van der Waals surface area contributed by atoms with Crippen LogP contribution in [0.4, 0.5) is 5.69 Å². The molecule has 1 heterocycles. The maximum absolute atomic E-state index is 11.9. The summed E-state index contributed by atoms with van der Waals surface area (Å²) >= 11 is 5.73. The van der Waals surface area contributed by atoms with Crippen LogP contribution in [0, 0.1) is 0 Å².